The van der Waals surface area contributed by atoms with Gasteiger partial charge < -0.3 is 15.8 Å². The number of hydrogen-bond donors (Lipinski definition) is 2. The van der Waals surface area contributed by atoms with Crippen molar-refractivity contribution in [3.05, 3.63) is 88.8 Å². The molecule has 1 aromatic heterocycles. The van der Waals surface area contributed by atoms with Crippen LogP contribution in [0.15, 0.2) is 72.1 Å². The van der Waals surface area contributed by atoms with Crippen molar-refractivity contribution < 1.29 is 19.1 Å². The third-order valence-corrected chi connectivity index (χ3v) is 13.4. The van der Waals surface area contributed by atoms with Gasteiger partial charge in [-0.25, -0.2) is 0 Å². The molecule has 7 nitrogen and oxygen atoms in total. The lowest BCUT2D eigenvalue weighted by Gasteiger charge is -2.37. The predicted octanol–water partition coefficient (Wildman–Crippen LogP) is 9.27. The molecule has 0 unspecified atom stereocenters. The number of nitrogen functional groups attached to an aromatic ring is 1. The first-order chi connectivity index (χ1) is 26.3. The van der Waals surface area contributed by atoms with E-state index in [9.17, 15) is 14.4 Å². The Balaban J connectivity index is 1.05. The highest BCUT2D eigenvalue weighted by Gasteiger charge is 2.39. The van der Waals surface area contributed by atoms with Crippen molar-refractivity contribution >= 4 is 56.3 Å². The van der Waals surface area contributed by atoms with Crippen LogP contribution in [0.25, 0.3) is 10.4 Å². The Morgan fingerprint density at radius 2 is 1.64 bits per heavy atom. The Kier molecular flexibility index (Phi) is 15.5. The molecule has 1 aliphatic heterocycles. The summed E-state index contributed by atoms with van der Waals surface area (Å²) in [4.78, 5) is 44.4. The second-order valence-electron chi connectivity index (χ2n) is 16.6. The summed E-state index contributed by atoms with van der Waals surface area (Å²) in [6.45, 7) is 14.7. The molecule has 2 heterocycles. The molecule has 5 rings (SSSR count). The third kappa shape index (κ3) is 11.9. The molecule has 2 aromatic carbocycles. The van der Waals surface area contributed by atoms with Gasteiger partial charge in [0.2, 0.25) is 5.91 Å². The zero-order valence-electron chi connectivity index (χ0n) is 33.4. The number of allylic oxidation sites excluding steroid dienone is 1. The largest absolute Gasteiger partial charge is 0.399 e. The second kappa shape index (κ2) is 20.0. The Labute approximate surface area is 336 Å². The first-order valence-corrected chi connectivity index (χ1v) is 21.8. The Hall–Kier alpha value is -3.63. The van der Waals surface area contributed by atoms with E-state index in [0.717, 1.165) is 67.7 Å². The molecule has 1 amide bonds. The maximum Gasteiger partial charge on any atom is 0.237 e. The van der Waals surface area contributed by atoms with Gasteiger partial charge >= 0.3 is 0 Å². The number of nitrogens with one attached hydrogen (secondary N) is 1. The van der Waals surface area contributed by atoms with E-state index in [1.165, 1.54) is 32.5 Å². The van der Waals surface area contributed by atoms with Crippen molar-refractivity contribution in [2.75, 3.05) is 25.5 Å². The van der Waals surface area contributed by atoms with Gasteiger partial charge in [-0.15, -0.1) is 22.3 Å². The van der Waals surface area contributed by atoms with E-state index in [0.29, 0.717) is 37.5 Å². The molecule has 2 aliphatic rings. The summed E-state index contributed by atoms with van der Waals surface area (Å²) in [5.41, 5.74) is 11.8. The summed E-state index contributed by atoms with van der Waals surface area (Å²) in [5.74, 6) is 5.17. The number of carbonyl (C=O) groups excluding carboxylic acids is 3. The van der Waals surface area contributed by atoms with Gasteiger partial charge in [0.25, 0.3) is 0 Å². The molecule has 3 N–H and O–H groups in total. The van der Waals surface area contributed by atoms with Gasteiger partial charge in [0.1, 0.15) is 5.78 Å². The SMILES string of the molecule is C=S=C([C@@H](CC(=C)C(=O)CCOCCC(=O)C1CCC(Cc2ccc(N)cc2)CC1)C(C)(C)C)N1CCC[C@H]1C(=O)NCc1ccc(-c2sccc2C)cc1. The Morgan fingerprint density at radius 1 is 0.964 bits per heavy atom. The molecule has 1 saturated carbocycles. The molecule has 296 valence electrons. The van der Waals surface area contributed by atoms with Crippen LogP contribution in [0.3, 0.4) is 0 Å². The molecular weight excluding hydrogens is 723 g/mol. The fraction of sp³-hybridized carbons (Fsp3) is 0.500. The number of anilines is 1. The lowest BCUT2D eigenvalue weighted by molar-refractivity contribution is -0.125. The minimum absolute atomic E-state index is 0.0162. The monoisotopic (exact) mass is 783 g/mol. The maximum absolute atomic E-state index is 13.6. The topological polar surface area (TPSA) is 102 Å². The highest BCUT2D eigenvalue weighted by molar-refractivity contribution is 7.96. The number of amides is 1. The third-order valence-electron chi connectivity index (χ3n) is 11.5. The molecule has 3 aromatic rings. The van der Waals surface area contributed by atoms with Gasteiger partial charge in [-0.1, -0.05) is 63.7 Å². The number of nitrogens with zero attached hydrogens (tertiary/aromatic N) is 1. The van der Waals surface area contributed by atoms with E-state index in [-0.39, 0.29) is 53.8 Å². The lowest BCUT2D eigenvalue weighted by Crippen LogP contribution is -2.49. The first kappa shape index (κ1) is 42.5. The Bertz CT molecular complexity index is 1830. The average Bonchev–Trinajstić information content (AvgIpc) is 3.84. The van der Waals surface area contributed by atoms with E-state index in [1.54, 1.807) is 11.3 Å². The number of carbonyl (C=O) groups is 3. The van der Waals surface area contributed by atoms with Gasteiger partial charge in [0.15, 0.2) is 5.78 Å². The maximum atomic E-state index is 13.6. The normalized spacial score (nSPS) is 19.5. The van der Waals surface area contributed by atoms with Gasteiger partial charge in [0, 0.05) is 48.3 Å². The summed E-state index contributed by atoms with van der Waals surface area (Å²) in [5, 5.41) is 5.30. The highest BCUT2D eigenvalue weighted by atomic mass is 32.1. The lowest BCUT2D eigenvalue weighted by atomic mass is 9.76. The van der Waals surface area contributed by atoms with Crippen LogP contribution >= 0.6 is 22.3 Å². The number of ketones is 2. The molecule has 0 radical (unpaired) electrons. The minimum Gasteiger partial charge on any atom is -0.399 e. The Morgan fingerprint density at radius 3 is 2.27 bits per heavy atom. The van der Waals surface area contributed by atoms with Gasteiger partial charge in [0.05, 0.1) is 24.2 Å². The van der Waals surface area contributed by atoms with Crippen LogP contribution in [0, 0.1) is 30.1 Å². The zero-order chi connectivity index (χ0) is 39.5. The fourth-order valence-electron chi connectivity index (χ4n) is 8.06. The second-order valence-corrected chi connectivity index (χ2v) is 18.2. The number of benzene rings is 2. The van der Waals surface area contributed by atoms with Crippen LogP contribution < -0.4 is 11.1 Å². The number of likely N-dealkylation sites (tertiary alicyclic amines) is 1. The van der Waals surface area contributed by atoms with Gasteiger partial charge in [-0.2, -0.15) is 0 Å². The summed E-state index contributed by atoms with van der Waals surface area (Å²) < 4.78 is 5.81. The molecule has 1 aliphatic carbocycles. The minimum atomic E-state index is -0.285. The molecule has 0 bridgehead atoms. The summed E-state index contributed by atoms with van der Waals surface area (Å²) in [6.07, 6.45) is 7.84. The van der Waals surface area contributed by atoms with Crippen molar-refractivity contribution in [3.63, 3.8) is 0 Å². The number of thiophene rings is 1. The summed E-state index contributed by atoms with van der Waals surface area (Å²) in [7, 11) is 1.43. The van der Waals surface area contributed by atoms with E-state index in [2.05, 4.69) is 98.2 Å². The standard InChI is InChI=1S/C46H61N3O4S2/c1-31-23-27-55-43(31)37-17-11-35(12-18-37)30-48-44(52)40-8-7-24-49(40)45(54-6)39(46(3,4)5)28-32(2)41(50)21-25-53-26-22-42(51)36-15-9-33(10-16-36)29-34-13-19-38(47)20-14-34/h11-14,17-20,23,27,33,36,39-40H,2,6-10,15-16,21-22,24-26,28-30,47H2,1,3-5H3,(H,48,52)/t33?,36?,39-,40+/m1/s1. The number of ether oxygens (including phenoxy) is 1. The zero-order valence-corrected chi connectivity index (χ0v) is 35.0. The fourth-order valence-corrected chi connectivity index (χ4v) is 10.0. The van der Waals surface area contributed by atoms with Crippen molar-refractivity contribution in [1.82, 2.24) is 10.2 Å². The molecule has 2 fully saturated rings. The van der Waals surface area contributed by atoms with Crippen LogP contribution in [-0.2, 0) is 32.1 Å². The molecule has 9 heteroatoms. The average molecular weight is 784 g/mol. The first-order valence-electron chi connectivity index (χ1n) is 20.0. The number of hydrogen-bond acceptors (Lipinski definition) is 6. The van der Waals surface area contributed by atoms with Crippen LogP contribution in [0.4, 0.5) is 5.69 Å². The van der Waals surface area contributed by atoms with Crippen LogP contribution in [0.1, 0.15) is 95.2 Å². The van der Waals surface area contributed by atoms with Crippen molar-refractivity contribution in [2.24, 2.45) is 23.2 Å². The van der Waals surface area contributed by atoms with E-state index < -0.39 is 0 Å². The highest BCUT2D eigenvalue weighted by Crippen LogP contribution is 2.37. The van der Waals surface area contributed by atoms with Crippen molar-refractivity contribution in [2.45, 2.75) is 104 Å². The number of aryl methyl sites for hydroxylation is 1. The number of rotatable bonds is 17. The van der Waals surface area contributed by atoms with Gasteiger partial charge in [-0.3, -0.25) is 19.3 Å². The van der Waals surface area contributed by atoms with Crippen LogP contribution in [0.5, 0.6) is 0 Å². The van der Waals surface area contributed by atoms with E-state index in [1.807, 2.05) is 12.1 Å². The van der Waals surface area contributed by atoms with Crippen LogP contribution in [0.2, 0.25) is 0 Å². The predicted molar refractivity (Wildman–Crippen MR) is 233 cm³/mol. The van der Waals surface area contributed by atoms with Gasteiger partial charge in [-0.05, 0) is 127 Å². The van der Waals surface area contributed by atoms with Crippen molar-refractivity contribution in [3.8, 4) is 10.4 Å². The molecule has 1 saturated heterocycles. The number of nitrogens with two attached hydrogens (primary N) is 1. The van der Waals surface area contributed by atoms with E-state index >= 15 is 0 Å². The molecule has 55 heavy (non-hydrogen) atoms. The van der Waals surface area contributed by atoms with Crippen molar-refractivity contribution in [1.29, 1.82) is 0 Å². The quantitative estimate of drug-likeness (QED) is 0.0613. The van der Waals surface area contributed by atoms with Crippen LogP contribution in [-0.4, -0.2) is 59.0 Å². The molecule has 2 atom stereocenters. The summed E-state index contributed by atoms with van der Waals surface area (Å²) >= 11 is 1.74. The smallest absolute Gasteiger partial charge is 0.237 e. The molecule has 0 spiro atoms. The number of Topliss-reactive ketones (excluding diaryl/α,β-unsaturated/α-hetero) is 2. The summed E-state index contributed by atoms with van der Waals surface area (Å²) in [6, 6.07) is 18.4. The van der Waals surface area contributed by atoms with E-state index in [4.69, 9.17) is 10.5 Å². The molecular formula is C46H61N3O4S2.